The first-order chi connectivity index (χ1) is 22.8. The number of carbonyl (C=O) groups excluding carboxylic acids is 1. The maximum Gasteiger partial charge on any atom is 0.284 e. The zero-order valence-corrected chi connectivity index (χ0v) is 24.9. The van der Waals surface area contributed by atoms with Crippen LogP contribution in [0.5, 0.6) is 17.2 Å². The second-order valence-electron chi connectivity index (χ2n) is 10.2. The predicted octanol–water partition coefficient (Wildman–Crippen LogP) is 4.76. The number of ether oxygens (including phenoxy) is 2. The Kier molecular flexibility index (Phi) is 8.84. The normalized spacial score (nSPS) is 11.0. The number of pyridine rings is 1. The number of nitrogens with zero attached hydrogens (tertiary/aromatic N) is 5. The van der Waals surface area contributed by atoms with Crippen molar-refractivity contribution in [3.8, 4) is 22.9 Å². The minimum absolute atomic E-state index is 0.0712. The molecule has 14 heteroatoms. The van der Waals surface area contributed by atoms with Crippen LogP contribution in [-0.4, -0.2) is 55.8 Å². The summed E-state index contributed by atoms with van der Waals surface area (Å²) in [6.07, 6.45) is 2.77. The highest BCUT2D eigenvalue weighted by Crippen LogP contribution is 2.35. The summed E-state index contributed by atoms with van der Waals surface area (Å²) < 4.78 is 42.5. The Morgan fingerprint density at radius 2 is 1.74 bits per heavy atom. The van der Waals surface area contributed by atoms with E-state index in [-0.39, 0.29) is 41.6 Å². The molecule has 12 nitrogen and oxygen atoms in total. The Balaban J connectivity index is 1.24. The third-order valence-corrected chi connectivity index (χ3v) is 7.06. The van der Waals surface area contributed by atoms with Gasteiger partial charge in [-0.25, -0.2) is 18.4 Å². The molecular weight excluding hydrogens is 612 g/mol. The Labute approximate surface area is 265 Å². The average Bonchev–Trinajstić information content (AvgIpc) is 3.43. The molecule has 0 saturated carbocycles. The minimum atomic E-state index is -0.791. The van der Waals surface area contributed by atoms with E-state index < -0.39 is 23.1 Å². The molecule has 0 aliphatic heterocycles. The summed E-state index contributed by atoms with van der Waals surface area (Å²) in [5, 5.41) is 24.1. The van der Waals surface area contributed by atoms with Gasteiger partial charge in [0.25, 0.3) is 11.5 Å². The van der Waals surface area contributed by atoms with Crippen molar-refractivity contribution in [3.63, 3.8) is 0 Å². The third kappa shape index (κ3) is 6.62. The Morgan fingerprint density at radius 3 is 2.47 bits per heavy atom. The van der Waals surface area contributed by atoms with Gasteiger partial charge in [-0.05, 0) is 60.2 Å². The predicted molar refractivity (Wildman–Crippen MR) is 169 cm³/mol. The summed E-state index contributed by atoms with van der Waals surface area (Å²) in [4.78, 5) is 30.4. The van der Waals surface area contributed by atoms with Gasteiger partial charge in [0.2, 0.25) is 0 Å². The number of hydrogen-bond donors (Lipinski definition) is 3. The molecule has 238 valence electrons. The van der Waals surface area contributed by atoms with Gasteiger partial charge in [0.05, 0.1) is 25.9 Å². The lowest BCUT2D eigenvalue weighted by atomic mass is 10.2. The first kappa shape index (κ1) is 30.9. The van der Waals surface area contributed by atoms with Gasteiger partial charge in [0.1, 0.15) is 28.3 Å². The fourth-order valence-electron chi connectivity index (χ4n) is 4.80. The molecule has 3 aromatic carbocycles. The van der Waals surface area contributed by atoms with Crippen LogP contribution in [0.2, 0.25) is 0 Å². The van der Waals surface area contributed by atoms with Gasteiger partial charge in [-0.3, -0.25) is 9.59 Å². The number of halogens is 2. The van der Waals surface area contributed by atoms with E-state index in [4.69, 9.17) is 9.47 Å². The number of carbonyl (C=O) groups is 1. The van der Waals surface area contributed by atoms with Crippen LogP contribution in [0.15, 0.2) is 96.1 Å². The molecule has 0 saturated heterocycles. The molecule has 0 fully saturated rings. The maximum atomic E-state index is 15.4. The summed E-state index contributed by atoms with van der Waals surface area (Å²) >= 11 is 0. The van der Waals surface area contributed by atoms with Crippen molar-refractivity contribution in [2.45, 2.75) is 6.54 Å². The highest BCUT2D eigenvalue weighted by atomic mass is 19.1. The van der Waals surface area contributed by atoms with Gasteiger partial charge >= 0.3 is 0 Å². The van der Waals surface area contributed by atoms with Crippen molar-refractivity contribution in [3.05, 3.63) is 124 Å². The molecule has 0 unspecified atom stereocenters. The van der Waals surface area contributed by atoms with Crippen LogP contribution in [0.4, 0.5) is 20.3 Å². The highest BCUT2D eigenvalue weighted by Gasteiger charge is 2.20. The lowest BCUT2D eigenvalue weighted by molar-refractivity contribution is 0.102. The van der Waals surface area contributed by atoms with E-state index in [1.807, 2.05) is 24.3 Å². The molecule has 6 rings (SSSR count). The number of amides is 1. The second-order valence-corrected chi connectivity index (χ2v) is 10.2. The molecule has 0 spiro atoms. The Bertz CT molecular complexity index is 2120. The van der Waals surface area contributed by atoms with E-state index in [0.717, 1.165) is 16.3 Å². The smallest absolute Gasteiger partial charge is 0.284 e. The number of rotatable bonds is 11. The number of nitrogens with one attached hydrogen (secondary N) is 2. The summed E-state index contributed by atoms with van der Waals surface area (Å²) in [5.41, 5.74) is 0.746. The minimum Gasteiger partial charge on any atom is -0.497 e. The number of anilines is 2. The number of aliphatic hydroxyl groups is 1. The van der Waals surface area contributed by atoms with Crippen LogP contribution in [-0.2, 0) is 6.54 Å². The van der Waals surface area contributed by atoms with Crippen molar-refractivity contribution in [2.75, 3.05) is 30.9 Å². The van der Waals surface area contributed by atoms with Crippen molar-refractivity contribution in [1.82, 2.24) is 24.5 Å². The van der Waals surface area contributed by atoms with Crippen LogP contribution in [0, 0.1) is 11.6 Å². The SMILES string of the molecule is COc1ccc(Cn2nc(NCCO)c3c(Oc4ccc(NC(=O)c5ccnn(-c6ccc(F)cc6)c5=O)cc4F)ccnc32)cc1. The highest BCUT2D eigenvalue weighted by molar-refractivity contribution is 6.04. The largest absolute Gasteiger partial charge is 0.497 e. The number of aromatic nitrogens is 5. The van der Waals surface area contributed by atoms with Crippen molar-refractivity contribution in [1.29, 1.82) is 0 Å². The Morgan fingerprint density at radius 1 is 0.957 bits per heavy atom. The van der Waals surface area contributed by atoms with E-state index in [1.54, 1.807) is 17.9 Å². The summed E-state index contributed by atoms with van der Waals surface area (Å²) in [6.45, 7) is 0.426. The van der Waals surface area contributed by atoms with Gasteiger partial charge in [-0.1, -0.05) is 12.1 Å². The molecule has 0 aliphatic rings. The first-order valence-electron chi connectivity index (χ1n) is 14.3. The number of hydrogen-bond acceptors (Lipinski definition) is 9. The molecule has 3 heterocycles. The van der Waals surface area contributed by atoms with Crippen LogP contribution >= 0.6 is 0 Å². The fourth-order valence-corrected chi connectivity index (χ4v) is 4.80. The quantitative estimate of drug-likeness (QED) is 0.183. The molecule has 0 aliphatic carbocycles. The van der Waals surface area contributed by atoms with Crippen molar-refractivity contribution < 1.29 is 28.2 Å². The zero-order chi connectivity index (χ0) is 32.9. The molecule has 47 heavy (non-hydrogen) atoms. The van der Waals surface area contributed by atoms with E-state index in [9.17, 15) is 19.1 Å². The Hall–Kier alpha value is -6.15. The van der Waals surface area contributed by atoms with Crippen molar-refractivity contribution >= 4 is 28.4 Å². The summed E-state index contributed by atoms with van der Waals surface area (Å²) in [6, 6.07) is 19.1. The lowest BCUT2D eigenvalue weighted by Gasteiger charge is -2.11. The van der Waals surface area contributed by atoms with Gasteiger partial charge < -0.3 is 25.2 Å². The van der Waals surface area contributed by atoms with Gasteiger partial charge in [0, 0.05) is 36.8 Å². The van der Waals surface area contributed by atoms with Crippen LogP contribution < -0.4 is 25.7 Å². The number of methoxy groups -OCH3 is 1. The van der Waals surface area contributed by atoms with Gasteiger partial charge in [-0.15, -0.1) is 0 Å². The van der Waals surface area contributed by atoms with Gasteiger partial charge in [-0.2, -0.15) is 14.9 Å². The van der Waals surface area contributed by atoms with Crippen LogP contribution in [0.1, 0.15) is 15.9 Å². The first-order valence-corrected chi connectivity index (χ1v) is 14.3. The zero-order valence-electron chi connectivity index (χ0n) is 24.9. The molecule has 1 amide bonds. The van der Waals surface area contributed by atoms with E-state index >= 15 is 4.39 Å². The second kappa shape index (κ2) is 13.5. The maximum absolute atomic E-state index is 15.4. The molecule has 0 radical (unpaired) electrons. The topological polar surface area (TPSA) is 145 Å². The van der Waals surface area contributed by atoms with Gasteiger partial charge in [0.15, 0.2) is 23.0 Å². The molecule has 3 aromatic heterocycles. The van der Waals surface area contributed by atoms with Crippen LogP contribution in [0.3, 0.4) is 0 Å². The fraction of sp³-hybridized carbons (Fsp3) is 0.121. The number of fused-ring (bicyclic) bond motifs is 1. The summed E-state index contributed by atoms with van der Waals surface area (Å²) in [7, 11) is 1.59. The molecule has 6 aromatic rings. The molecule has 3 N–H and O–H groups in total. The van der Waals surface area contributed by atoms with E-state index in [2.05, 4.69) is 25.8 Å². The number of aliphatic hydroxyl groups excluding tert-OH is 1. The molecular formula is C33H27F2N7O5. The van der Waals surface area contributed by atoms with E-state index in [0.29, 0.717) is 29.1 Å². The molecule has 0 atom stereocenters. The molecule has 0 bridgehead atoms. The number of benzene rings is 3. The van der Waals surface area contributed by atoms with Crippen molar-refractivity contribution in [2.24, 2.45) is 0 Å². The summed E-state index contributed by atoms with van der Waals surface area (Å²) in [5.74, 6) is -0.855. The van der Waals surface area contributed by atoms with Crippen LogP contribution in [0.25, 0.3) is 16.7 Å². The average molecular weight is 640 g/mol. The standard InChI is InChI=1S/C33H27F2N7O5/c1-46-24-9-2-20(3-10-24)19-41-31-29(30(40-41)36-16-17-43)28(13-14-37-31)47-27-11-6-22(18-26(27)35)39-32(44)25-12-15-38-42(33(25)45)23-7-4-21(34)5-8-23/h2-15,18,43H,16-17,19H2,1H3,(H,36,40)(H,39,44). The van der Waals surface area contributed by atoms with E-state index in [1.165, 1.54) is 54.9 Å². The lowest BCUT2D eigenvalue weighted by Crippen LogP contribution is -2.29. The monoisotopic (exact) mass is 639 g/mol. The third-order valence-electron chi connectivity index (χ3n) is 7.06.